The second-order valence-electron chi connectivity index (χ2n) is 7.58. The van der Waals surface area contributed by atoms with Crippen LogP contribution in [-0.4, -0.2) is 11.1 Å². The van der Waals surface area contributed by atoms with E-state index in [1.165, 1.54) is 0 Å². The van der Waals surface area contributed by atoms with Gasteiger partial charge in [0.2, 0.25) is 0 Å². The third-order valence-electron chi connectivity index (χ3n) is 5.38. The van der Waals surface area contributed by atoms with Gasteiger partial charge in [0.1, 0.15) is 0 Å². The van der Waals surface area contributed by atoms with Crippen molar-refractivity contribution in [1.29, 1.82) is 0 Å². The summed E-state index contributed by atoms with van der Waals surface area (Å²) in [4.78, 5) is 10.9. The molecule has 0 radical (unpaired) electrons. The van der Waals surface area contributed by atoms with Crippen molar-refractivity contribution in [3.05, 3.63) is 141 Å². The molecule has 4 aromatic rings. The Morgan fingerprint density at radius 1 is 0.594 bits per heavy atom. The Hall–Kier alpha value is -3.43. The molecule has 0 atom stereocenters. The summed E-state index contributed by atoms with van der Waals surface area (Å²) in [5.41, 5.74) is 7.82. The number of aryl methyl sites for hydroxylation is 1. The highest BCUT2D eigenvalue weighted by atomic mass is 79.9. The molecule has 4 aromatic carbocycles. The summed E-state index contributed by atoms with van der Waals surface area (Å²) in [6.07, 6.45) is 0.660. The molecule has 32 heavy (non-hydrogen) atoms. The van der Waals surface area contributed by atoms with Crippen LogP contribution >= 0.6 is 15.9 Å². The molecule has 0 saturated carbocycles. The molecule has 0 bridgehead atoms. The number of carboxylic acids is 1. The Morgan fingerprint density at radius 3 is 1.44 bits per heavy atom. The summed E-state index contributed by atoms with van der Waals surface area (Å²) in [6.45, 7) is 0. The van der Waals surface area contributed by atoms with E-state index in [-0.39, 0.29) is 6.42 Å². The van der Waals surface area contributed by atoms with Gasteiger partial charge in [0, 0.05) is 10.9 Å². The van der Waals surface area contributed by atoms with Crippen molar-refractivity contribution in [2.45, 2.75) is 12.8 Å². The van der Waals surface area contributed by atoms with Gasteiger partial charge in [-0.2, -0.15) is 0 Å². The zero-order valence-corrected chi connectivity index (χ0v) is 19.1. The second-order valence-corrected chi connectivity index (χ2v) is 8.50. The number of carboxylic acid groups (broad SMARTS) is 1. The number of hydrogen-bond donors (Lipinski definition) is 1. The Morgan fingerprint density at radius 2 is 1.00 bits per heavy atom. The molecule has 0 aliphatic carbocycles. The van der Waals surface area contributed by atoms with Crippen LogP contribution in [0.25, 0.3) is 11.1 Å². The quantitative estimate of drug-likeness (QED) is 0.277. The van der Waals surface area contributed by atoms with Crippen LogP contribution in [0, 0.1) is 0 Å². The zero-order valence-electron chi connectivity index (χ0n) is 17.5. The molecule has 2 nitrogen and oxygen atoms in total. The van der Waals surface area contributed by atoms with Crippen LogP contribution in [0.3, 0.4) is 0 Å². The molecule has 0 aliphatic heterocycles. The van der Waals surface area contributed by atoms with E-state index in [4.69, 9.17) is 5.11 Å². The van der Waals surface area contributed by atoms with E-state index in [2.05, 4.69) is 101 Å². The van der Waals surface area contributed by atoms with Crippen molar-refractivity contribution in [2.24, 2.45) is 0 Å². The van der Waals surface area contributed by atoms with Crippen molar-refractivity contribution < 1.29 is 9.90 Å². The summed E-state index contributed by atoms with van der Waals surface area (Å²) in [7, 11) is 0. The average molecular weight is 483 g/mol. The third-order valence-corrected chi connectivity index (χ3v) is 5.91. The maximum absolute atomic E-state index is 10.9. The van der Waals surface area contributed by atoms with Gasteiger partial charge in [-0.15, -0.1) is 0 Å². The SMILES string of the molecule is O=C(O)CCc1ccc(/C(=C(\c2ccccc2)c2ccc(Br)cc2)c2ccccc2)cc1. The number of hydrogen-bond acceptors (Lipinski definition) is 1. The maximum Gasteiger partial charge on any atom is 0.303 e. The largest absolute Gasteiger partial charge is 0.481 e. The molecular formula is C29H23BrO2. The van der Waals surface area contributed by atoms with E-state index in [9.17, 15) is 4.79 Å². The Balaban J connectivity index is 1.94. The Bertz CT molecular complexity index is 1210. The first kappa shape index (κ1) is 21.8. The number of aliphatic carboxylic acids is 1. The van der Waals surface area contributed by atoms with Gasteiger partial charge in [-0.1, -0.05) is 113 Å². The van der Waals surface area contributed by atoms with E-state index in [0.717, 1.165) is 43.4 Å². The Kier molecular flexibility index (Phi) is 6.98. The van der Waals surface area contributed by atoms with Crippen molar-refractivity contribution in [2.75, 3.05) is 0 Å². The third kappa shape index (κ3) is 5.24. The Labute approximate surface area is 197 Å². The fraction of sp³-hybridized carbons (Fsp3) is 0.0690. The van der Waals surface area contributed by atoms with Crippen LogP contribution in [0.4, 0.5) is 0 Å². The average Bonchev–Trinajstić information content (AvgIpc) is 2.83. The van der Waals surface area contributed by atoms with Crippen LogP contribution in [0.1, 0.15) is 34.2 Å². The first-order chi connectivity index (χ1) is 15.6. The molecule has 0 spiro atoms. The second kappa shape index (κ2) is 10.3. The van der Waals surface area contributed by atoms with E-state index >= 15 is 0 Å². The summed E-state index contributed by atoms with van der Waals surface area (Å²) in [5, 5.41) is 9.00. The molecule has 0 amide bonds. The lowest BCUT2D eigenvalue weighted by molar-refractivity contribution is -0.136. The van der Waals surface area contributed by atoms with E-state index in [0.29, 0.717) is 6.42 Å². The summed E-state index contributed by atoms with van der Waals surface area (Å²) >= 11 is 3.55. The monoisotopic (exact) mass is 482 g/mol. The lowest BCUT2D eigenvalue weighted by Crippen LogP contribution is -1.99. The van der Waals surface area contributed by atoms with Crippen molar-refractivity contribution in [1.82, 2.24) is 0 Å². The standard InChI is InChI=1S/C29H23BrO2/c30-26-18-16-25(17-19-26)29(23-9-5-2-6-10-23)28(22-7-3-1-4-8-22)24-14-11-21(12-15-24)13-20-27(31)32/h1-12,14-19H,13,20H2,(H,31,32)/b29-28+. The number of carbonyl (C=O) groups is 1. The van der Waals surface area contributed by atoms with Gasteiger partial charge in [-0.25, -0.2) is 0 Å². The van der Waals surface area contributed by atoms with Crippen LogP contribution in [0.2, 0.25) is 0 Å². The minimum Gasteiger partial charge on any atom is -0.481 e. The molecule has 0 heterocycles. The van der Waals surface area contributed by atoms with Crippen LogP contribution < -0.4 is 0 Å². The fourth-order valence-corrected chi connectivity index (χ4v) is 4.09. The van der Waals surface area contributed by atoms with Gasteiger partial charge in [-0.05, 0) is 57.5 Å². The zero-order chi connectivity index (χ0) is 22.3. The van der Waals surface area contributed by atoms with Gasteiger partial charge < -0.3 is 5.11 Å². The molecule has 0 saturated heterocycles. The minimum absolute atomic E-state index is 0.134. The highest BCUT2D eigenvalue weighted by Crippen LogP contribution is 2.37. The van der Waals surface area contributed by atoms with Gasteiger partial charge >= 0.3 is 5.97 Å². The van der Waals surface area contributed by atoms with Gasteiger partial charge in [0.05, 0.1) is 0 Å². The molecule has 0 unspecified atom stereocenters. The minimum atomic E-state index is -0.777. The lowest BCUT2D eigenvalue weighted by atomic mass is 9.85. The van der Waals surface area contributed by atoms with Gasteiger partial charge in [-0.3, -0.25) is 4.79 Å². The number of benzene rings is 4. The number of rotatable bonds is 7. The topological polar surface area (TPSA) is 37.3 Å². The summed E-state index contributed by atoms with van der Waals surface area (Å²) in [6, 6.07) is 37.5. The van der Waals surface area contributed by atoms with Crippen molar-refractivity contribution >= 4 is 33.0 Å². The van der Waals surface area contributed by atoms with E-state index in [1.807, 2.05) is 24.3 Å². The molecule has 158 valence electrons. The first-order valence-electron chi connectivity index (χ1n) is 10.5. The van der Waals surface area contributed by atoms with Crippen LogP contribution in [0.5, 0.6) is 0 Å². The predicted octanol–water partition coefficient (Wildman–Crippen LogP) is 7.47. The van der Waals surface area contributed by atoms with Crippen LogP contribution in [0.15, 0.2) is 114 Å². The molecule has 4 rings (SSSR count). The van der Waals surface area contributed by atoms with Crippen molar-refractivity contribution in [3.63, 3.8) is 0 Å². The maximum atomic E-state index is 10.9. The summed E-state index contributed by atoms with van der Waals surface area (Å²) < 4.78 is 1.04. The van der Waals surface area contributed by atoms with Crippen molar-refractivity contribution in [3.8, 4) is 0 Å². The molecular weight excluding hydrogens is 460 g/mol. The molecule has 0 aliphatic rings. The van der Waals surface area contributed by atoms with E-state index < -0.39 is 5.97 Å². The first-order valence-corrected chi connectivity index (χ1v) is 11.3. The van der Waals surface area contributed by atoms with E-state index in [1.54, 1.807) is 0 Å². The highest BCUT2D eigenvalue weighted by Gasteiger charge is 2.16. The lowest BCUT2D eigenvalue weighted by Gasteiger charge is -2.18. The summed E-state index contributed by atoms with van der Waals surface area (Å²) in [5.74, 6) is -0.777. The normalized spacial score (nSPS) is 11.7. The van der Waals surface area contributed by atoms with Gasteiger partial charge in [0.15, 0.2) is 0 Å². The molecule has 1 N–H and O–H groups in total. The van der Waals surface area contributed by atoms with Crippen LogP contribution in [-0.2, 0) is 11.2 Å². The highest BCUT2D eigenvalue weighted by molar-refractivity contribution is 9.10. The predicted molar refractivity (Wildman–Crippen MR) is 134 cm³/mol. The molecule has 0 fully saturated rings. The number of halogens is 1. The smallest absolute Gasteiger partial charge is 0.303 e. The molecule has 0 aromatic heterocycles. The fourth-order valence-electron chi connectivity index (χ4n) is 3.83. The molecule has 3 heteroatoms. The van der Waals surface area contributed by atoms with Gasteiger partial charge in [0.25, 0.3) is 0 Å².